The summed E-state index contributed by atoms with van der Waals surface area (Å²) in [7, 11) is 3.54. The lowest BCUT2D eigenvalue weighted by molar-refractivity contribution is 0.414. The summed E-state index contributed by atoms with van der Waals surface area (Å²) in [5.74, 6) is 0.676. The van der Waals surface area contributed by atoms with Gasteiger partial charge in [-0.2, -0.15) is 0 Å². The molecule has 102 valence electrons. The molecule has 19 heavy (non-hydrogen) atoms. The van der Waals surface area contributed by atoms with Crippen molar-refractivity contribution < 1.29 is 4.74 Å². The van der Waals surface area contributed by atoms with Crippen LogP contribution in [0.1, 0.15) is 29.1 Å². The van der Waals surface area contributed by atoms with Gasteiger partial charge in [-0.15, -0.1) is 5.10 Å². The van der Waals surface area contributed by atoms with E-state index in [1.54, 1.807) is 7.11 Å². The molecule has 1 aromatic heterocycles. The molecule has 4 nitrogen and oxygen atoms in total. The summed E-state index contributed by atoms with van der Waals surface area (Å²) >= 11 is 7.48. The summed E-state index contributed by atoms with van der Waals surface area (Å²) in [4.78, 5) is 1.13. The second kappa shape index (κ2) is 6.32. The molecule has 2 aromatic rings. The molecule has 1 atom stereocenters. The van der Waals surface area contributed by atoms with Crippen LogP contribution in [0.3, 0.4) is 0 Å². The molecule has 0 radical (unpaired) electrons. The third-order valence-corrected chi connectivity index (χ3v) is 4.12. The third kappa shape index (κ3) is 2.88. The van der Waals surface area contributed by atoms with E-state index in [-0.39, 0.29) is 6.04 Å². The number of hydrogen-bond donors (Lipinski definition) is 1. The lowest BCUT2D eigenvalue weighted by Crippen LogP contribution is -2.18. The first-order valence-corrected chi connectivity index (χ1v) is 7.18. The van der Waals surface area contributed by atoms with Crippen LogP contribution in [0, 0.1) is 0 Å². The Bertz CT molecular complexity index is 559. The largest absolute Gasteiger partial charge is 0.495 e. The quantitative estimate of drug-likeness (QED) is 0.921. The van der Waals surface area contributed by atoms with Gasteiger partial charge < -0.3 is 10.1 Å². The molecular formula is C13H16ClN3OS. The first kappa shape index (κ1) is 14.2. The van der Waals surface area contributed by atoms with Crippen LogP contribution < -0.4 is 10.1 Å². The van der Waals surface area contributed by atoms with Gasteiger partial charge in [0, 0.05) is 0 Å². The molecule has 0 aliphatic heterocycles. The van der Waals surface area contributed by atoms with E-state index < -0.39 is 0 Å². The average Bonchev–Trinajstić information content (AvgIpc) is 2.89. The second-order valence-electron chi connectivity index (χ2n) is 4.05. The van der Waals surface area contributed by atoms with Crippen molar-refractivity contribution in [3.05, 3.63) is 39.4 Å². The maximum atomic E-state index is 6.06. The van der Waals surface area contributed by atoms with Crippen molar-refractivity contribution in [1.82, 2.24) is 14.9 Å². The van der Waals surface area contributed by atoms with Crippen molar-refractivity contribution >= 4 is 23.1 Å². The van der Waals surface area contributed by atoms with Gasteiger partial charge in [0.15, 0.2) is 0 Å². The van der Waals surface area contributed by atoms with Crippen molar-refractivity contribution in [2.24, 2.45) is 0 Å². The van der Waals surface area contributed by atoms with E-state index in [2.05, 4.69) is 21.8 Å². The van der Waals surface area contributed by atoms with E-state index in [0.717, 1.165) is 22.6 Å². The van der Waals surface area contributed by atoms with E-state index in [0.29, 0.717) is 10.8 Å². The van der Waals surface area contributed by atoms with E-state index >= 15 is 0 Å². The third-order valence-electron chi connectivity index (χ3n) is 2.98. The van der Waals surface area contributed by atoms with Gasteiger partial charge in [0.2, 0.25) is 0 Å². The summed E-state index contributed by atoms with van der Waals surface area (Å²) in [6, 6.07) is 5.84. The smallest absolute Gasteiger partial charge is 0.137 e. The number of halogens is 1. The predicted octanol–water partition coefficient (Wildman–Crippen LogP) is 3.07. The van der Waals surface area contributed by atoms with Gasteiger partial charge in [0.1, 0.15) is 5.75 Å². The van der Waals surface area contributed by atoms with Gasteiger partial charge in [-0.05, 0) is 42.7 Å². The molecule has 1 heterocycles. The Kier molecular flexibility index (Phi) is 4.74. The molecule has 0 bridgehead atoms. The zero-order chi connectivity index (χ0) is 13.8. The number of aryl methyl sites for hydroxylation is 1. The van der Waals surface area contributed by atoms with Crippen LogP contribution in [0.2, 0.25) is 5.02 Å². The van der Waals surface area contributed by atoms with E-state index in [1.807, 2.05) is 25.2 Å². The van der Waals surface area contributed by atoms with Crippen LogP contribution in [0.4, 0.5) is 0 Å². The molecule has 0 aliphatic rings. The fourth-order valence-corrected chi connectivity index (χ4v) is 3.06. The van der Waals surface area contributed by atoms with Crippen molar-refractivity contribution in [3.63, 3.8) is 0 Å². The molecular weight excluding hydrogens is 282 g/mol. The van der Waals surface area contributed by atoms with Gasteiger partial charge in [-0.3, -0.25) is 0 Å². The maximum absolute atomic E-state index is 6.06. The Morgan fingerprint density at radius 3 is 2.89 bits per heavy atom. The number of rotatable bonds is 5. The van der Waals surface area contributed by atoms with Gasteiger partial charge in [0.05, 0.1) is 28.7 Å². The van der Waals surface area contributed by atoms with E-state index in [9.17, 15) is 0 Å². The Hall–Kier alpha value is -1.17. The highest BCUT2D eigenvalue weighted by molar-refractivity contribution is 7.05. The number of methoxy groups -OCH3 is 1. The minimum atomic E-state index is 0.0566. The number of hydrogen-bond acceptors (Lipinski definition) is 5. The highest BCUT2D eigenvalue weighted by atomic mass is 35.5. The zero-order valence-corrected chi connectivity index (χ0v) is 12.7. The van der Waals surface area contributed by atoms with Crippen LogP contribution >= 0.6 is 23.1 Å². The molecule has 0 saturated heterocycles. The van der Waals surface area contributed by atoms with E-state index in [1.165, 1.54) is 11.5 Å². The zero-order valence-electron chi connectivity index (χ0n) is 11.1. The van der Waals surface area contributed by atoms with Crippen LogP contribution in [0.5, 0.6) is 5.75 Å². The molecule has 0 amide bonds. The van der Waals surface area contributed by atoms with E-state index in [4.69, 9.17) is 16.3 Å². The van der Waals surface area contributed by atoms with Gasteiger partial charge in [-0.1, -0.05) is 29.1 Å². The molecule has 1 N–H and O–H groups in total. The molecule has 2 rings (SSSR count). The number of nitrogens with zero attached hydrogens (tertiary/aromatic N) is 2. The van der Waals surface area contributed by atoms with Crippen molar-refractivity contribution in [2.75, 3.05) is 14.2 Å². The minimum Gasteiger partial charge on any atom is -0.495 e. The first-order valence-electron chi connectivity index (χ1n) is 6.03. The number of nitrogens with one attached hydrogen (secondary N) is 1. The monoisotopic (exact) mass is 297 g/mol. The summed E-state index contributed by atoms with van der Waals surface area (Å²) < 4.78 is 9.31. The number of benzene rings is 1. The van der Waals surface area contributed by atoms with Crippen molar-refractivity contribution in [3.8, 4) is 5.75 Å². The lowest BCUT2D eigenvalue weighted by Gasteiger charge is -2.17. The first-order chi connectivity index (χ1) is 9.21. The summed E-state index contributed by atoms with van der Waals surface area (Å²) in [5, 5.41) is 8.07. The van der Waals surface area contributed by atoms with Crippen molar-refractivity contribution in [2.45, 2.75) is 19.4 Å². The fourth-order valence-electron chi connectivity index (χ4n) is 1.98. The Balaban J connectivity index is 2.42. The summed E-state index contributed by atoms with van der Waals surface area (Å²) in [6.07, 6.45) is 0.870. The Morgan fingerprint density at radius 2 is 2.26 bits per heavy atom. The lowest BCUT2D eigenvalue weighted by atomic mass is 10.0. The topological polar surface area (TPSA) is 47.0 Å². The molecule has 1 aromatic carbocycles. The Labute approximate surface area is 121 Å². The molecule has 0 fully saturated rings. The average molecular weight is 298 g/mol. The SMILES string of the molecule is CCc1nnsc1C(NC)c1ccc(Cl)c(OC)c1. The fraction of sp³-hybridized carbons (Fsp3) is 0.385. The van der Waals surface area contributed by atoms with Gasteiger partial charge in [0.25, 0.3) is 0 Å². The highest BCUT2D eigenvalue weighted by Gasteiger charge is 2.19. The predicted molar refractivity (Wildman–Crippen MR) is 78.2 cm³/mol. The van der Waals surface area contributed by atoms with Crippen LogP contribution in [0.15, 0.2) is 18.2 Å². The molecule has 0 aliphatic carbocycles. The molecule has 0 saturated carbocycles. The molecule has 1 unspecified atom stereocenters. The van der Waals surface area contributed by atoms with Gasteiger partial charge in [-0.25, -0.2) is 0 Å². The molecule has 0 spiro atoms. The standard InChI is InChI=1S/C13H16ClN3OS/c1-4-10-13(19-17-16-10)12(15-2)8-5-6-9(14)11(7-8)18-3/h5-7,12,15H,4H2,1-3H3. The summed E-state index contributed by atoms with van der Waals surface area (Å²) in [6.45, 7) is 2.08. The highest BCUT2D eigenvalue weighted by Crippen LogP contribution is 2.32. The van der Waals surface area contributed by atoms with Gasteiger partial charge >= 0.3 is 0 Å². The maximum Gasteiger partial charge on any atom is 0.137 e. The Morgan fingerprint density at radius 1 is 1.47 bits per heavy atom. The minimum absolute atomic E-state index is 0.0566. The molecule has 6 heteroatoms. The summed E-state index contributed by atoms with van der Waals surface area (Å²) in [5.41, 5.74) is 2.11. The van der Waals surface area contributed by atoms with Crippen LogP contribution in [-0.2, 0) is 6.42 Å². The van der Waals surface area contributed by atoms with Crippen LogP contribution in [-0.4, -0.2) is 23.7 Å². The number of aromatic nitrogens is 2. The second-order valence-corrected chi connectivity index (χ2v) is 5.25. The van der Waals surface area contributed by atoms with Crippen molar-refractivity contribution in [1.29, 1.82) is 0 Å². The van der Waals surface area contributed by atoms with Crippen LogP contribution in [0.25, 0.3) is 0 Å². The number of ether oxygens (including phenoxy) is 1. The normalized spacial score (nSPS) is 12.4.